The number of nitro groups is 1. The van der Waals surface area contributed by atoms with Gasteiger partial charge in [0.15, 0.2) is 0 Å². The molecule has 0 unspecified atom stereocenters. The molecule has 92 valence electrons. The van der Waals surface area contributed by atoms with Crippen LogP contribution in [0.25, 0.3) is 11.0 Å². The molecule has 1 N–H and O–H groups in total. The van der Waals surface area contributed by atoms with Crippen molar-refractivity contribution in [3.8, 4) is 0 Å². The normalized spacial score (nSPS) is 10.4. The molecule has 0 aliphatic rings. The van der Waals surface area contributed by atoms with Crippen LogP contribution in [-0.4, -0.2) is 16.0 Å². The minimum absolute atomic E-state index is 0.0458. The average Bonchev–Trinajstić information content (AvgIpc) is 2.28. The van der Waals surface area contributed by atoms with Gasteiger partial charge < -0.3 is 9.52 Å². The third-order valence-corrected chi connectivity index (χ3v) is 2.34. The van der Waals surface area contributed by atoms with E-state index < -0.39 is 22.9 Å². The highest BCUT2D eigenvalue weighted by molar-refractivity contribution is 5.80. The van der Waals surface area contributed by atoms with E-state index in [2.05, 4.69) is 0 Å². The van der Waals surface area contributed by atoms with Crippen molar-refractivity contribution in [3.63, 3.8) is 0 Å². The van der Waals surface area contributed by atoms with Gasteiger partial charge in [0, 0.05) is 23.1 Å². The maximum Gasteiger partial charge on any atom is 0.340 e. The molecule has 0 aliphatic heterocycles. The molecule has 0 saturated heterocycles. The summed E-state index contributed by atoms with van der Waals surface area (Å²) in [5.41, 5.74) is -0.772. The van der Waals surface area contributed by atoms with E-state index in [9.17, 15) is 19.7 Å². The van der Waals surface area contributed by atoms with Gasteiger partial charge in [-0.25, -0.2) is 4.79 Å². The summed E-state index contributed by atoms with van der Waals surface area (Å²) in [7, 11) is 0. The van der Waals surface area contributed by atoms with Gasteiger partial charge in [-0.3, -0.25) is 14.9 Å². The smallest absolute Gasteiger partial charge is 0.340 e. The number of hydrogen-bond donors (Lipinski definition) is 1. The number of hydrogen-bond acceptors (Lipinski definition) is 5. The van der Waals surface area contributed by atoms with E-state index in [4.69, 9.17) is 9.52 Å². The summed E-state index contributed by atoms with van der Waals surface area (Å²) in [6.45, 7) is 0. The van der Waals surface area contributed by atoms with Crippen LogP contribution in [-0.2, 0) is 11.2 Å². The van der Waals surface area contributed by atoms with E-state index in [-0.39, 0.29) is 16.8 Å². The fourth-order valence-electron chi connectivity index (χ4n) is 1.55. The molecule has 0 radical (unpaired) electrons. The minimum Gasteiger partial charge on any atom is -0.481 e. The van der Waals surface area contributed by atoms with Crippen molar-refractivity contribution in [1.82, 2.24) is 0 Å². The largest absolute Gasteiger partial charge is 0.481 e. The van der Waals surface area contributed by atoms with E-state index in [0.717, 1.165) is 0 Å². The van der Waals surface area contributed by atoms with Crippen LogP contribution in [0.5, 0.6) is 0 Å². The number of carboxylic acids is 1. The Morgan fingerprint density at radius 2 is 2.11 bits per heavy atom. The van der Waals surface area contributed by atoms with Crippen molar-refractivity contribution in [3.05, 3.63) is 50.4 Å². The second-order valence-corrected chi connectivity index (χ2v) is 3.61. The summed E-state index contributed by atoms with van der Waals surface area (Å²) in [4.78, 5) is 32.0. The number of nitrogens with zero attached hydrogens (tertiary/aromatic N) is 1. The molecule has 2 aromatic rings. The third kappa shape index (κ3) is 2.19. The lowest BCUT2D eigenvalue weighted by Gasteiger charge is -1.99. The van der Waals surface area contributed by atoms with Gasteiger partial charge in [-0.2, -0.15) is 0 Å². The van der Waals surface area contributed by atoms with Crippen LogP contribution in [0.3, 0.4) is 0 Å². The van der Waals surface area contributed by atoms with Crippen LogP contribution in [0.15, 0.2) is 33.5 Å². The highest BCUT2D eigenvalue weighted by Crippen LogP contribution is 2.20. The summed E-state index contributed by atoms with van der Waals surface area (Å²) >= 11 is 0. The first-order valence-electron chi connectivity index (χ1n) is 4.90. The lowest BCUT2D eigenvalue weighted by atomic mass is 10.1. The molecule has 0 bridgehead atoms. The Morgan fingerprint density at radius 3 is 2.72 bits per heavy atom. The Kier molecular flexibility index (Phi) is 2.80. The standard InChI is InChI=1S/C11H7NO6/c13-10(14)5-7-3-6-4-8(12(16)17)1-2-9(6)18-11(7)15/h1-4H,5H2,(H,13,14). The Morgan fingerprint density at radius 1 is 1.39 bits per heavy atom. The second kappa shape index (κ2) is 4.28. The van der Waals surface area contributed by atoms with E-state index in [1.807, 2.05) is 0 Å². The molecule has 0 atom stereocenters. The van der Waals surface area contributed by atoms with Crippen molar-refractivity contribution in [1.29, 1.82) is 0 Å². The highest BCUT2D eigenvalue weighted by atomic mass is 16.6. The zero-order valence-electron chi connectivity index (χ0n) is 8.95. The molecule has 1 aromatic heterocycles. The molecule has 18 heavy (non-hydrogen) atoms. The molecule has 1 aromatic carbocycles. The maximum absolute atomic E-state index is 11.4. The van der Waals surface area contributed by atoms with E-state index in [0.29, 0.717) is 5.39 Å². The number of non-ortho nitro benzene ring substituents is 1. The summed E-state index contributed by atoms with van der Waals surface area (Å²) < 4.78 is 4.89. The number of aliphatic carboxylic acids is 1. The van der Waals surface area contributed by atoms with Crippen molar-refractivity contribution < 1.29 is 19.2 Å². The number of nitro benzene ring substituents is 1. The molecule has 7 heteroatoms. The average molecular weight is 249 g/mol. The van der Waals surface area contributed by atoms with Crippen LogP contribution in [0.1, 0.15) is 5.56 Å². The predicted molar refractivity (Wildman–Crippen MR) is 60.5 cm³/mol. The fourth-order valence-corrected chi connectivity index (χ4v) is 1.55. The van der Waals surface area contributed by atoms with Crippen molar-refractivity contribution >= 4 is 22.6 Å². The van der Waals surface area contributed by atoms with E-state index >= 15 is 0 Å². The van der Waals surface area contributed by atoms with Gasteiger partial charge in [0.2, 0.25) is 0 Å². The molecule has 0 aliphatic carbocycles. The van der Waals surface area contributed by atoms with Gasteiger partial charge in [-0.05, 0) is 12.1 Å². The predicted octanol–water partition coefficient (Wildman–Crippen LogP) is 1.33. The van der Waals surface area contributed by atoms with E-state index in [1.54, 1.807) is 0 Å². The number of carboxylic acid groups (broad SMARTS) is 1. The molecule has 1 heterocycles. The first kappa shape index (κ1) is 11.8. The first-order valence-corrected chi connectivity index (χ1v) is 4.90. The Labute approximate surface area is 99.4 Å². The van der Waals surface area contributed by atoms with Gasteiger partial charge in [-0.15, -0.1) is 0 Å². The summed E-state index contributed by atoms with van der Waals surface area (Å²) in [6, 6.07) is 5.04. The number of carbonyl (C=O) groups is 1. The van der Waals surface area contributed by atoms with Gasteiger partial charge in [0.25, 0.3) is 5.69 Å². The summed E-state index contributed by atoms with van der Waals surface area (Å²) in [5, 5.41) is 19.5. The number of fused-ring (bicyclic) bond motifs is 1. The second-order valence-electron chi connectivity index (χ2n) is 3.61. The molecule has 2 rings (SSSR count). The third-order valence-electron chi connectivity index (χ3n) is 2.34. The number of rotatable bonds is 3. The number of benzene rings is 1. The summed E-state index contributed by atoms with van der Waals surface area (Å²) in [6.07, 6.45) is -0.485. The molecular weight excluding hydrogens is 242 g/mol. The topological polar surface area (TPSA) is 111 Å². The maximum atomic E-state index is 11.4. The van der Waals surface area contributed by atoms with Gasteiger partial charge in [0.05, 0.1) is 11.3 Å². The first-order chi connectivity index (χ1) is 8.47. The van der Waals surface area contributed by atoms with Gasteiger partial charge in [-0.1, -0.05) is 0 Å². The van der Waals surface area contributed by atoms with Crippen molar-refractivity contribution in [2.75, 3.05) is 0 Å². The molecular formula is C11H7NO6. The molecule has 0 spiro atoms. The van der Waals surface area contributed by atoms with Crippen LogP contribution in [0.2, 0.25) is 0 Å². The Hall–Kier alpha value is -2.70. The van der Waals surface area contributed by atoms with Gasteiger partial charge >= 0.3 is 11.6 Å². The van der Waals surface area contributed by atoms with Crippen molar-refractivity contribution in [2.24, 2.45) is 0 Å². The Bertz CT molecular complexity index is 702. The van der Waals surface area contributed by atoms with Crippen LogP contribution in [0, 0.1) is 10.1 Å². The SMILES string of the molecule is O=C(O)Cc1cc2cc([N+](=O)[O-])ccc2oc1=O. The Balaban J connectivity index is 2.63. The van der Waals surface area contributed by atoms with Crippen molar-refractivity contribution in [2.45, 2.75) is 6.42 Å². The minimum atomic E-state index is -1.17. The molecule has 0 amide bonds. The van der Waals surface area contributed by atoms with Crippen LogP contribution >= 0.6 is 0 Å². The zero-order chi connectivity index (χ0) is 13.3. The molecule has 0 fully saturated rings. The van der Waals surface area contributed by atoms with Crippen LogP contribution in [0.4, 0.5) is 5.69 Å². The highest BCUT2D eigenvalue weighted by Gasteiger charge is 2.12. The quantitative estimate of drug-likeness (QED) is 0.499. The summed E-state index contributed by atoms with van der Waals surface area (Å²) in [5.74, 6) is -1.17. The zero-order valence-corrected chi connectivity index (χ0v) is 8.95. The lowest BCUT2D eigenvalue weighted by molar-refractivity contribution is -0.384. The monoisotopic (exact) mass is 249 g/mol. The molecule has 0 saturated carbocycles. The lowest BCUT2D eigenvalue weighted by Crippen LogP contribution is -2.12. The fraction of sp³-hybridized carbons (Fsp3) is 0.0909. The van der Waals surface area contributed by atoms with Gasteiger partial charge in [0.1, 0.15) is 5.58 Å². The van der Waals surface area contributed by atoms with Crippen LogP contribution < -0.4 is 5.63 Å². The van der Waals surface area contributed by atoms with E-state index in [1.165, 1.54) is 24.3 Å². The molecule has 7 nitrogen and oxygen atoms in total.